The zero-order valence-electron chi connectivity index (χ0n) is 11.1. The van der Waals surface area contributed by atoms with Gasteiger partial charge in [0.2, 0.25) is 0 Å². The van der Waals surface area contributed by atoms with E-state index in [9.17, 15) is 4.39 Å². The fraction of sp³-hybridized carbons (Fsp3) is 0.571. The van der Waals surface area contributed by atoms with Crippen molar-refractivity contribution in [2.75, 3.05) is 12.8 Å². The SMILES string of the molecule is CCC(NCC(C)(C)SC)c1ccccc1F. The highest BCUT2D eigenvalue weighted by molar-refractivity contribution is 7.99. The number of hydrogen-bond acceptors (Lipinski definition) is 2. The van der Waals surface area contributed by atoms with Crippen LogP contribution < -0.4 is 5.32 Å². The molecule has 1 nitrogen and oxygen atoms in total. The summed E-state index contributed by atoms with van der Waals surface area (Å²) < 4.78 is 13.9. The quantitative estimate of drug-likeness (QED) is 0.824. The first-order valence-electron chi connectivity index (χ1n) is 6.03. The van der Waals surface area contributed by atoms with Gasteiger partial charge in [-0.2, -0.15) is 11.8 Å². The molecule has 1 atom stereocenters. The lowest BCUT2D eigenvalue weighted by Gasteiger charge is -2.26. The molecular weight excluding hydrogens is 233 g/mol. The van der Waals surface area contributed by atoms with Gasteiger partial charge < -0.3 is 5.32 Å². The Kier molecular flexibility index (Phi) is 5.47. The van der Waals surface area contributed by atoms with Gasteiger partial charge in [0.1, 0.15) is 5.82 Å². The molecule has 0 saturated heterocycles. The number of rotatable bonds is 6. The average molecular weight is 255 g/mol. The summed E-state index contributed by atoms with van der Waals surface area (Å²) in [4.78, 5) is 0. The van der Waals surface area contributed by atoms with Crippen LogP contribution in [0.15, 0.2) is 24.3 Å². The molecule has 1 aromatic carbocycles. The van der Waals surface area contributed by atoms with Crippen molar-refractivity contribution < 1.29 is 4.39 Å². The third kappa shape index (κ3) is 4.32. The molecule has 0 aromatic heterocycles. The first-order valence-corrected chi connectivity index (χ1v) is 7.25. The highest BCUT2D eigenvalue weighted by Crippen LogP contribution is 2.24. The lowest BCUT2D eigenvalue weighted by atomic mass is 10.0. The summed E-state index contributed by atoms with van der Waals surface area (Å²) in [6.07, 6.45) is 3.00. The molecular formula is C14H22FNS. The molecule has 0 radical (unpaired) electrons. The topological polar surface area (TPSA) is 12.0 Å². The first kappa shape index (κ1) is 14.5. The van der Waals surface area contributed by atoms with Crippen LogP contribution >= 0.6 is 11.8 Å². The van der Waals surface area contributed by atoms with Crippen molar-refractivity contribution >= 4 is 11.8 Å². The second-order valence-corrected chi connectivity index (χ2v) is 6.34. The Hall–Kier alpha value is -0.540. The highest BCUT2D eigenvalue weighted by Gasteiger charge is 2.19. The van der Waals surface area contributed by atoms with E-state index in [0.717, 1.165) is 18.5 Å². The van der Waals surface area contributed by atoms with E-state index < -0.39 is 0 Å². The van der Waals surface area contributed by atoms with Gasteiger partial charge in [-0.1, -0.05) is 25.1 Å². The standard InChI is InChI=1S/C14H22FNS/c1-5-13(16-10-14(2,3)17-4)11-8-6-7-9-12(11)15/h6-9,13,16H,5,10H2,1-4H3. The molecule has 0 amide bonds. The zero-order valence-corrected chi connectivity index (χ0v) is 11.9. The summed E-state index contributed by atoms with van der Waals surface area (Å²) in [6.45, 7) is 7.34. The lowest BCUT2D eigenvalue weighted by Crippen LogP contribution is -2.34. The van der Waals surface area contributed by atoms with Gasteiger partial charge in [-0.25, -0.2) is 4.39 Å². The van der Waals surface area contributed by atoms with E-state index in [4.69, 9.17) is 0 Å². The first-order chi connectivity index (χ1) is 8.00. The Labute approximate surface area is 108 Å². The Morgan fingerprint density at radius 3 is 2.53 bits per heavy atom. The monoisotopic (exact) mass is 255 g/mol. The molecule has 0 bridgehead atoms. The molecule has 0 aliphatic carbocycles. The number of thioether (sulfide) groups is 1. The Balaban J connectivity index is 2.70. The van der Waals surface area contributed by atoms with E-state index in [0.29, 0.717) is 0 Å². The predicted octanol–water partition coefficient (Wildman–Crippen LogP) is 4.01. The summed E-state index contributed by atoms with van der Waals surface area (Å²) in [6, 6.07) is 7.12. The molecule has 0 aliphatic heterocycles. The van der Waals surface area contributed by atoms with E-state index in [2.05, 4.69) is 32.3 Å². The largest absolute Gasteiger partial charge is 0.308 e. The van der Waals surface area contributed by atoms with Crippen LogP contribution in [0, 0.1) is 5.82 Å². The van der Waals surface area contributed by atoms with Crippen LogP contribution in [0.5, 0.6) is 0 Å². The predicted molar refractivity (Wildman–Crippen MR) is 75.0 cm³/mol. The van der Waals surface area contributed by atoms with Crippen LogP contribution in [0.4, 0.5) is 4.39 Å². The van der Waals surface area contributed by atoms with Crippen LogP contribution in [-0.2, 0) is 0 Å². The van der Waals surface area contributed by atoms with Crippen molar-refractivity contribution in [1.82, 2.24) is 5.32 Å². The van der Waals surface area contributed by atoms with Gasteiger partial charge in [-0.3, -0.25) is 0 Å². The summed E-state index contributed by atoms with van der Waals surface area (Å²) in [7, 11) is 0. The molecule has 0 spiro atoms. The average Bonchev–Trinajstić information content (AvgIpc) is 2.32. The minimum Gasteiger partial charge on any atom is -0.308 e. The van der Waals surface area contributed by atoms with E-state index in [1.165, 1.54) is 6.07 Å². The van der Waals surface area contributed by atoms with E-state index in [1.54, 1.807) is 6.07 Å². The normalized spacial score (nSPS) is 13.7. The van der Waals surface area contributed by atoms with Crippen LogP contribution in [0.25, 0.3) is 0 Å². The van der Waals surface area contributed by atoms with Gasteiger partial charge in [0, 0.05) is 22.9 Å². The van der Waals surface area contributed by atoms with E-state index >= 15 is 0 Å². The minimum atomic E-state index is -0.117. The molecule has 3 heteroatoms. The highest BCUT2D eigenvalue weighted by atomic mass is 32.2. The van der Waals surface area contributed by atoms with Gasteiger partial charge in [0.25, 0.3) is 0 Å². The summed E-state index contributed by atoms with van der Waals surface area (Å²) in [5.74, 6) is -0.117. The second kappa shape index (κ2) is 6.41. The molecule has 17 heavy (non-hydrogen) atoms. The van der Waals surface area contributed by atoms with Crippen LogP contribution in [0.1, 0.15) is 38.8 Å². The molecule has 0 fully saturated rings. The van der Waals surface area contributed by atoms with Crippen molar-refractivity contribution in [3.8, 4) is 0 Å². The maximum atomic E-state index is 13.7. The van der Waals surface area contributed by atoms with Crippen molar-refractivity contribution in [1.29, 1.82) is 0 Å². The Morgan fingerprint density at radius 2 is 2.00 bits per heavy atom. The molecule has 0 saturated carbocycles. The van der Waals surface area contributed by atoms with Gasteiger partial charge >= 0.3 is 0 Å². The maximum Gasteiger partial charge on any atom is 0.127 e. The summed E-state index contributed by atoms with van der Waals surface area (Å²) in [5, 5.41) is 3.46. The molecule has 1 unspecified atom stereocenters. The molecule has 96 valence electrons. The van der Waals surface area contributed by atoms with E-state index in [-0.39, 0.29) is 16.6 Å². The number of hydrogen-bond donors (Lipinski definition) is 1. The van der Waals surface area contributed by atoms with Crippen LogP contribution in [0.2, 0.25) is 0 Å². The summed E-state index contributed by atoms with van der Waals surface area (Å²) >= 11 is 1.82. The fourth-order valence-electron chi connectivity index (χ4n) is 1.67. The fourth-order valence-corrected chi connectivity index (χ4v) is 1.90. The van der Waals surface area contributed by atoms with Crippen LogP contribution in [0.3, 0.4) is 0 Å². The van der Waals surface area contributed by atoms with Gasteiger partial charge in [-0.05, 0) is 32.6 Å². The number of halogens is 1. The molecule has 0 aliphatic rings. The van der Waals surface area contributed by atoms with Crippen LogP contribution in [-0.4, -0.2) is 17.5 Å². The number of nitrogens with one attached hydrogen (secondary N) is 1. The van der Waals surface area contributed by atoms with Crippen molar-refractivity contribution in [2.24, 2.45) is 0 Å². The van der Waals surface area contributed by atoms with Crippen molar-refractivity contribution in [3.63, 3.8) is 0 Å². The molecule has 1 N–H and O–H groups in total. The molecule has 1 rings (SSSR count). The van der Waals surface area contributed by atoms with E-state index in [1.807, 2.05) is 23.9 Å². The maximum absolute atomic E-state index is 13.7. The third-order valence-electron chi connectivity index (χ3n) is 3.02. The zero-order chi connectivity index (χ0) is 12.9. The smallest absolute Gasteiger partial charge is 0.127 e. The minimum absolute atomic E-state index is 0.0997. The molecule has 1 aromatic rings. The van der Waals surface area contributed by atoms with Crippen molar-refractivity contribution in [2.45, 2.75) is 38.0 Å². The van der Waals surface area contributed by atoms with Gasteiger partial charge in [0.15, 0.2) is 0 Å². The summed E-state index contributed by atoms with van der Waals surface area (Å²) in [5.41, 5.74) is 0.770. The van der Waals surface area contributed by atoms with Gasteiger partial charge in [0.05, 0.1) is 0 Å². The number of benzene rings is 1. The van der Waals surface area contributed by atoms with Gasteiger partial charge in [-0.15, -0.1) is 0 Å². The Morgan fingerprint density at radius 1 is 1.35 bits per heavy atom. The molecule has 0 heterocycles. The Bertz CT molecular complexity index is 352. The lowest BCUT2D eigenvalue weighted by molar-refractivity contribution is 0.464. The second-order valence-electron chi connectivity index (χ2n) is 4.83. The third-order valence-corrected chi connectivity index (χ3v) is 4.27. The van der Waals surface area contributed by atoms with Crippen molar-refractivity contribution in [3.05, 3.63) is 35.6 Å².